The molecule has 9 nitrogen and oxygen atoms in total. The molecule has 3 rings (SSSR count). The van der Waals surface area contributed by atoms with Crippen LogP contribution in [0.25, 0.3) is 0 Å². The van der Waals surface area contributed by atoms with Crippen LogP contribution in [0.1, 0.15) is 34.3 Å². The molecule has 0 saturated carbocycles. The number of aryl methyl sites for hydroxylation is 1. The van der Waals surface area contributed by atoms with E-state index in [-0.39, 0.29) is 27.8 Å². The summed E-state index contributed by atoms with van der Waals surface area (Å²) in [4.78, 5) is 49.7. The van der Waals surface area contributed by atoms with Crippen molar-refractivity contribution in [3.05, 3.63) is 75.8 Å². The molecule has 2 N–H and O–H groups in total. The Bertz CT molecular complexity index is 1230. The molecule has 0 bridgehead atoms. The molecule has 0 unspecified atom stereocenters. The molecule has 36 heavy (non-hydrogen) atoms. The molecule has 1 aliphatic heterocycles. The molecule has 2 amide bonds. The fourth-order valence-electron chi connectivity index (χ4n) is 3.78. The number of ether oxygens (including phenoxy) is 2. The van der Waals surface area contributed by atoms with Crippen molar-refractivity contribution < 1.29 is 28.7 Å². The molecule has 10 heteroatoms. The molecule has 1 heterocycles. The van der Waals surface area contributed by atoms with Crippen molar-refractivity contribution in [2.45, 2.75) is 19.3 Å². The maximum atomic E-state index is 12.9. The van der Waals surface area contributed by atoms with Gasteiger partial charge >= 0.3 is 11.9 Å². The second kappa shape index (κ2) is 12.0. The molecule has 0 fully saturated rings. The smallest absolute Gasteiger partial charge is 0.337 e. The first-order valence-corrected chi connectivity index (χ1v) is 12.0. The van der Waals surface area contributed by atoms with Gasteiger partial charge in [-0.1, -0.05) is 43.0 Å². The van der Waals surface area contributed by atoms with Crippen molar-refractivity contribution in [2.75, 3.05) is 25.3 Å². The third kappa shape index (κ3) is 5.93. The van der Waals surface area contributed by atoms with Gasteiger partial charge in [0.2, 0.25) is 11.8 Å². The number of amides is 2. The van der Waals surface area contributed by atoms with Crippen molar-refractivity contribution in [3.8, 4) is 6.07 Å². The third-order valence-electron chi connectivity index (χ3n) is 5.67. The Morgan fingerprint density at radius 1 is 1.06 bits per heavy atom. The van der Waals surface area contributed by atoms with E-state index in [1.807, 2.05) is 19.1 Å². The number of allylic oxidation sites excluding steroid dienone is 1. The number of hydrogen-bond acceptors (Lipinski definition) is 8. The Morgan fingerprint density at radius 3 is 2.28 bits per heavy atom. The molecule has 2 aromatic rings. The van der Waals surface area contributed by atoms with Gasteiger partial charge in [-0.15, -0.1) is 0 Å². The fraction of sp³-hybridized carbons (Fsp3) is 0.269. The monoisotopic (exact) mass is 507 g/mol. The molecule has 2 aromatic carbocycles. The van der Waals surface area contributed by atoms with E-state index < -0.39 is 29.7 Å². The lowest BCUT2D eigenvalue weighted by Gasteiger charge is -2.31. The van der Waals surface area contributed by atoms with Gasteiger partial charge in [0, 0.05) is 11.6 Å². The number of nitriles is 1. The molecular formula is C26H25N3O6S. The summed E-state index contributed by atoms with van der Waals surface area (Å²) in [6.45, 7) is 2.04. The summed E-state index contributed by atoms with van der Waals surface area (Å²) < 4.78 is 9.53. The Morgan fingerprint density at radius 2 is 1.72 bits per heavy atom. The van der Waals surface area contributed by atoms with Crippen molar-refractivity contribution >= 4 is 41.2 Å². The zero-order valence-electron chi connectivity index (χ0n) is 20.0. The largest absolute Gasteiger partial charge is 0.468 e. The van der Waals surface area contributed by atoms with Crippen LogP contribution >= 0.6 is 11.8 Å². The highest BCUT2D eigenvalue weighted by Gasteiger charge is 2.44. The molecule has 0 spiro atoms. The quantitative estimate of drug-likeness (QED) is 0.411. The minimum atomic E-state index is -1.32. The number of nitrogens with one attached hydrogen (secondary N) is 2. The van der Waals surface area contributed by atoms with Crippen molar-refractivity contribution in [1.29, 1.82) is 5.26 Å². The van der Waals surface area contributed by atoms with Gasteiger partial charge in [-0.2, -0.15) is 5.26 Å². The summed E-state index contributed by atoms with van der Waals surface area (Å²) in [6, 6.07) is 15.6. The van der Waals surface area contributed by atoms with E-state index in [4.69, 9.17) is 9.47 Å². The Hall–Kier alpha value is -4.10. The zero-order valence-corrected chi connectivity index (χ0v) is 20.8. The predicted octanol–water partition coefficient (Wildman–Crippen LogP) is 3.15. The van der Waals surface area contributed by atoms with Gasteiger partial charge in [-0.3, -0.25) is 14.4 Å². The Balaban J connectivity index is 1.88. The van der Waals surface area contributed by atoms with Gasteiger partial charge in [0.1, 0.15) is 5.92 Å². The van der Waals surface area contributed by atoms with Gasteiger partial charge in [0.25, 0.3) is 0 Å². The molecule has 0 aliphatic carbocycles. The Kier molecular flexibility index (Phi) is 8.86. The lowest BCUT2D eigenvalue weighted by atomic mass is 9.78. The first-order chi connectivity index (χ1) is 17.3. The average molecular weight is 508 g/mol. The predicted molar refractivity (Wildman–Crippen MR) is 134 cm³/mol. The van der Waals surface area contributed by atoms with Crippen LogP contribution in [-0.2, 0) is 30.3 Å². The zero-order chi connectivity index (χ0) is 26.2. The topological polar surface area (TPSA) is 135 Å². The number of methoxy groups -OCH3 is 2. The van der Waals surface area contributed by atoms with E-state index in [0.29, 0.717) is 11.3 Å². The number of rotatable bonds is 8. The van der Waals surface area contributed by atoms with Gasteiger partial charge in [0.05, 0.1) is 42.2 Å². The van der Waals surface area contributed by atoms with E-state index in [1.54, 1.807) is 24.3 Å². The standard InChI is InChI=1S/C26H25N3O6S/c1-4-15-5-11-18(12-6-15)28-20(30)14-36-24-19(13-27)21(22(23(31)29-24)26(33)35-3)16-7-9-17(10-8-16)25(32)34-2/h5-12,21-22H,4,14H2,1-3H3,(H,28,30)(H,29,31)/t21-,22+/m1/s1. The van der Waals surface area contributed by atoms with Crippen LogP contribution in [0.15, 0.2) is 59.1 Å². The minimum absolute atomic E-state index is 0.0762. The second-order valence-corrected chi connectivity index (χ2v) is 8.81. The number of thioether (sulfide) groups is 1. The number of carbonyl (C=O) groups excluding carboxylic acids is 4. The average Bonchev–Trinajstić information content (AvgIpc) is 2.91. The van der Waals surface area contributed by atoms with Crippen molar-refractivity contribution in [1.82, 2.24) is 5.32 Å². The minimum Gasteiger partial charge on any atom is -0.468 e. The number of anilines is 1. The molecule has 0 saturated heterocycles. The van der Waals surface area contributed by atoms with Gasteiger partial charge in [-0.25, -0.2) is 4.79 Å². The molecule has 1 aliphatic rings. The first kappa shape index (κ1) is 26.5. The summed E-state index contributed by atoms with van der Waals surface area (Å²) in [5, 5.41) is 15.5. The molecule has 2 atom stereocenters. The second-order valence-electron chi connectivity index (χ2n) is 7.82. The highest BCUT2D eigenvalue weighted by molar-refractivity contribution is 8.03. The molecule has 0 radical (unpaired) electrons. The first-order valence-electron chi connectivity index (χ1n) is 11.1. The molecule has 0 aromatic heterocycles. The Labute approximate surface area is 212 Å². The van der Waals surface area contributed by atoms with Gasteiger partial charge in [0.15, 0.2) is 0 Å². The lowest BCUT2D eigenvalue weighted by molar-refractivity contribution is -0.150. The molecular weight excluding hydrogens is 482 g/mol. The third-order valence-corrected chi connectivity index (χ3v) is 6.69. The van der Waals surface area contributed by atoms with Crippen LogP contribution in [0.3, 0.4) is 0 Å². The van der Waals surface area contributed by atoms with Crippen LogP contribution in [0, 0.1) is 17.2 Å². The van der Waals surface area contributed by atoms with Crippen LogP contribution < -0.4 is 10.6 Å². The SMILES string of the molecule is CCc1ccc(NC(=O)CSC2=C(C#N)[C@@H](c3ccc(C(=O)OC)cc3)[C@H](C(=O)OC)C(=O)N2)cc1. The van der Waals surface area contributed by atoms with Crippen molar-refractivity contribution in [2.24, 2.45) is 5.92 Å². The summed E-state index contributed by atoms with van der Waals surface area (Å²) in [5.74, 6) is -4.68. The van der Waals surface area contributed by atoms with E-state index in [1.165, 1.54) is 19.2 Å². The van der Waals surface area contributed by atoms with Crippen LogP contribution in [0.5, 0.6) is 0 Å². The number of nitrogens with zero attached hydrogens (tertiary/aromatic N) is 1. The van der Waals surface area contributed by atoms with Gasteiger partial charge < -0.3 is 20.1 Å². The number of benzene rings is 2. The van der Waals surface area contributed by atoms with Crippen molar-refractivity contribution in [3.63, 3.8) is 0 Å². The summed E-state index contributed by atoms with van der Waals surface area (Å²) in [7, 11) is 2.41. The van der Waals surface area contributed by atoms with Crippen LogP contribution in [0.2, 0.25) is 0 Å². The number of carbonyl (C=O) groups is 4. The van der Waals surface area contributed by atoms with E-state index in [2.05, 4.69) is 16.7 Å². The van der Waals surface area contributed by atoms with Crippen LogP contribution in [-0.4, -0.2) is 43.7 Å². The molecule has 186 valence electrons. The summed E-state index contributed by atoms with van der Waals surface area (Å²) in [5.41, 5.74) is 2.62. The summed E-state index contributed by atoms with van der Waals surface area (Å²) >= 11 is 0.987. The maximum absolute atomic E-state index is 12.9. The van der Waals surface area contributed by atoms with Gasteiger partial charge in [-0.05, 0) is 41.8 Å². The number of hydrogen-bond donors (Lipinski definition) is 2. The maximum Gasteiger partial charge on any atom is 0.337 e. The normalized spacial score (nSPS) is 17.0. The van der Waals surface area contributed by atoms with E-state index >= 15 is 0 Å². The fourth-order valence-corrected chi connectivity index (χ4v) is 4.63. The van der Waals surface area contributed by atoms with Crippen LogP contribution in [0.4, 0.5) is 5.69 Å². The number of esters is 2. The summed E-state index contributed by atoms with van der Waals surface area (Å²) in [6.07, 6.45) is 0.883. The van der Waals surface area contributed by atoms with E-state index in [9.17, 15) is 24.4 Å². The lowest BCUT2D eigenvalue weighted by Crippen LogP contribution is -2.44. The highest BCUT2D eigenvalue weighted by atomic mass is 32.2. The van der Waals surface area contributed by atoms with E-state index in [0.717, 1.165) is 30.9 Å². The highest BCUT2D eigenvalue weighted by Crippen LogP contribution is 2.40.